The van der Waals surface area contributed by atoms with Crippen LogP contribution in [0.1, 0.15) is 16.7 Å². The largest absolute Gasteiger partial charge is 0.505 e. The predicted molar refractivity (Wildman–Crippen MR) is 143 cm³/mol. The van der Waals surface area contributed by atoms with E-state index < -0.39 is 0 Å². The van der Waals surface area contributed by atoms with E-state index in [9.17, 15) is 5.11 Å². The molecule has 0 aliphatic carbocycles. The normalized spacial score (nSPS) is 11.9. The highest BCUT2D eigenvalue weighted by Crippen LogP contribution is 2.41. The van der Waals surface area contributed by atoms with Gasteiger partial charge in [-0.15, -0.1) is 15.3 Å². The van der Waals surface area contributed by atoms with Crippen molar-refractivity contribution < 1.29 is 5.11 Å². The number of hydrogen-bond acceptors (Lipinski definition) is 6. The van der Waals surface area contributed by atoms with Crippen LogP contribution in [-0.4, -0.2) is 5.11 Å². The molecule has 6 heteroatoms. The second kappa shape index (κ2) is 8.99. The first kappa shape index (κ1) is 22.2. The molecule has 0 amide bonds. The summed E-state index contributed by atoms with van der Waals surface area (Å²) in [5.41, 5.74) is 12.3. The Kier molecular flexibility index (Phi) is 5.71. The highest BCUT2D eigenvalue weighted by atomic mass is 16.3. The quantitative estimate of drug-likeness (QED) is 0.207. The summed E-state index contributed by atoms with van der Waals surface area (Å²) in [5, 5.41) is 32.1. The molecule has 0 saturated carbocycles. The molecule has 35 heavy (non-hydrogen) atoms. The Labute approximate surface area is 203 Å². The molecule has 0 heterocycles. The molecule has 0 spiro atoms. The lowest BCUT2D eigenvalue weighted by Gasteiger charge is -2.09. The Balaban J connectivity index is 1.55. The Morgan fingerprint density at radius 1 is 0.629 bits per heavy atom. The summed E-state index contributed by atoms with van der Waals surface area (Å²) < 4.78 is 0. The fourth-order valence-electron chi connectivity index (χ4n) is 4.31. The molecule has 5 aromatic rings. The van der Waals surface area contributed by atoms with Crippen molar-refractivity contribution in [3.05, 3.63) is 95.6 Å². The number of nitrogens with zero attached hydrogens (tertiary/aromatic N) is 4. The molecule has 5 rings (SSSR count). The second-order valence-corrected chi connectivity index (χ2v) is 8.77. The number of fused-ring (bicyclic) bond motifs is 2. The summed E-state index contributed by atoms with van der Waals surface area (Å²) in [6.07, 6.45) is 0. The number of phenols is 1. The molecule has 0 unspecified atom stereocenters. The molecule has 0 aliphatic rings. The summed E-state index contributed by atoms with van der Waals surface area (Å²) in [4.78, 5) is 0. The van der Waals surface area contributed by atoms with Gasteiger partial charge in [-0.1, -0.05) is 36.4 Å². The third-order valence-electron chi connectivity index (χ3n) is 5.92. The molecular formula is C29H25N5O. The van der Waals surface area contributed by atoms with Crippen molar-refractivity contribution in [3.63, 3.8) is 0 Å². The van der Waals surface area contributed by atoms with Crippen molar-refractivity contribution in [1.29, 1.82) is 0 Å². The fraction of sp³-hybridized carbons (Fsp3) is 0.103. The molecule has 172 valence electrons. The summed E-state index contributed by atoms with van der Waals surface area (Å²) in [6, 6.07) is 25.2. The first-order valence-electron chi connectivity index (χ1n) is 11.3. The standard InChI is InChI=1S/C29H25N5O/c1-17-12-18(2)14-22(13-17)31-32-26-10-11-27(24-7-5-4-6-23(24)26)33-34-28-19(3)15-20-8-9-21(30)16-25(20)29(28)35/h4-16,35H,30H2,1-3H3. The first-order chi connectivity index (χ1) is 16.9. The van der Waals surface area contributed by atoms with Crippen molar-refractivity contribution >= 4 is 50.0 Å². The average Bonchev–Trinajstić information content (AvgIpc) is 2.83. The van der Waals surface area contributed by atoms with E-state index in [0.717, 1.165) is 44.2 Å². The number of azo groups is 2. The number of aryl methyl sites for hydroxylation is 3. The summed E-state index contributed by atoms with van der Waals surface area (Å²) in [7, 11) is 0. The minimum Gasteiger partial charge on any atom is -0.505 e. The Hall–Kier alpha value is -4.58. The van der Waals surface area contributed by atoms with Crippen LogP contribution >= 0.6 is 0 Å². The van der Waals surface area contributed by atoms with E-state index in [2.05, 4.69) is 26.5 Å². The van der Waals surface area contributed by atoms with Crippen LogP contribution in [0.25, 0.3) is 21.5 Å². The number of nitrogen functional groups attached to an aromatic ring is 1. The van der Waals surface area contributed by atoms with Gasteiger partial charge < -0.3 is 10.8 Å². The number of anilines is 1. The van der Waals surface area contributed by atoms with Crippen LogP contribution in [0, 0.1) is 20.8 Å². The van der Waals surface area contributed by atoms with E-state index in [1.54, 1.807) is 6.07 Å². The smallest absolute Gasteiger partial charge is 0.151 e. The zero-order valence-corrected chi connectivity index (χ0v) is 19.8. The SMILES string of the molecule is Cc1cc(C)cc(N=Nc2ccc(N=Nc3c(C)cc4ccc(N)cc4c3O)c3ccccc23)c1. The van der Waals surface area contributed by atoms with Gasteiger partial charge in [0, 0.05) is 21.8 Å². The number of rotatable bonds is 4. The van der Waals surface area contributed by atoms with Gasteiger partial charge in [-0.25, -0.2) is 0 Å². The zero-order chi connectivity index (χ0) is 24.5. The molecule has 0 aromatic heterocycles. The van der Waals surface area contributed by atoms with E-state index in [1.165, 1.54) is 0 Å². The lowest BCUT2D eigenvalue weighted by Crippen LogP contribution is -1.86. The van der Waals surface area contributed by atoms with Gasteiger partial charge in [-0.05, 0) is 85.3 Å². The second-order valence-electron chi connectivity index (χ2n) is 8.77. The van der Waals surface area contributed by atoms with Gasteiger partial charge in [0.05, 0.1) is 17.1 Å². The predicted octanol–water partition coefficient (Wildman–Crippen LogP) is 9.04. The van der Waals surface area contributed by atoms with Gasteiger partial charge in [-0.3, -0.25) is 0 Å². The fourth-order valence-corrected chi connectivity index (χ4v) is 4.31. The Morgan fingerprint density at radius 3 is 1.91 bits per heavy atom. The average molecular weight is 460 g/mol. The number of hydrogen-bond donors (Lipinski definition) is 2. The lowest BCUT2D eigenvalue weighted by atomic mass is 10.0. The summed E-state index contributed by atoms with van der Waals surface area (Å²) >= 11 is 0. The Bertz CT molecular complexity index is 1630. The molecule has 0 fully saturated rings. The minimum absolute atomic E-state index is 0.0687. The van der Waals surface area contributed by atoms with Crippen molar-refractivity contribution in [2.75, 3.05) is 5.73 Å². The van der Waals surface area contributed by atoms with Crippen LogP contribution in [0.2, 0.25) is 0 Å². The molecule has 0 atom stereocenters. The van der Waals surface area contributed by atoms with E-state index in [-0.39, 0.29) is 5.75 Å². The van der Waals surface area contributed by atoms with Crippen molar-refractivity contribution in [1.82, 2.24) is 0 Å². The number of phenolic OH excluding ortho intramolecular Hbond substituents is 1. The number of nitrogens with two attached hydrogens (primary N) is 1. The van der Waals surface area contributed by atoms with Gasteiger partial charge in [0.25, 0.3) is 0 Å². The van der Waals surface area contributed by atoms with Gasteiger partial charge >= 0.3 is 0 Å². The monoisotopic (exact) mass is 459 g/mol. The van der Waals surface area contributed by atoms with Gasteiger partial charge in [0.1, 0.15) is 5.69 Å². The third-order valence-corrected chi connectivity index (χ3v) is 5.92. The lowest BCUT2D eigenvalue weighted by molar-refractivity contribution is 0.482. The third kappa shape index (κ3) is 4.46. The molecule has 0 aliphatic heterocycles. The maximum Gasteiger partial charge on any atom is 0.151 e. The van der Waals surface area contributed by atoms with Crippen LogP contribution in [0.3, 0.4) is 0 Å². The zero-order valence-electron chi connectivity index (χ0n) is 19.8. The summed E-state index contributed by atoms with van der Waals surface area (Å²) in [6.45, 7) is 5.99. The van der Waals surface area contributed by atoms with E-state index in [1.807, 2.05) is 87.5 Å². The molecule has 5 aromatic carbocycles. The molecule has 3 N–H and O–H groups in total. The topological polar surface area (TPSA) is 95.7 Å². The van der Waals surface area contributed by atoms with Crippen molar-refractivity contribution in [2.24, 2.45) is 20.5 Å². The minimum atomic E-state index is 0.0687. The van der Waals surface area contributed by atoms with E-state index in [0.29, 0.717) is 22.4 Å². The molecular weight excluding hydrogens is 434 g/mol. The number of aromatic hydroxyl groups is 1. The van der Waals surface area contributed by atoms with Gasteiger partial charge in [0.2, 0.25) is 0 Å². The Morgan fingerprint density at radius 2 is 1.26 bits per heavy atom. The maximum atomic E-state index is 10.9. The van der Waals surface area contributed by atoms with Gasteiger partial charge in [-0.2, -0.15) is 5.11 Å². The van der Waals surface area contributed by atoms with Crippen LogP contribution in [0.15, 0.2) is 99.3 Å². The first-order valence-corrected chi connectivity index (χ1v) is 11.3. The van der Waals surface area contributed by atoms with Crippen molar-refractivity contribution in [2.45, 2.75) is 20.8 Å². The number of benzene rings is 5. The molecule has 0 bridgehead atoms. The van der Waals surface area contributed by atoms with E-state index >= 15 is 0 Å². The highest BCUT2D eigenvalue weighted by molar-refractivity contribution is 6.00. The van der Waals surface area contributed by atoms with Crippen LogP contribution in [0.5, 0.6) is 5.75 Å². The molecule has 6 nitrogen and oxygen atoms in total. The summed E-state index contributed by atoms with van der Waals surface area (Å²) in [5.74, 6) is 0.0687. The van der Waals surface area contributed by atoms with E-state index in [4.69, 9.17) is 5.73 Å². The van der Waals surface area contributed by atoms with Crippen LogP contribution < -0.4 is 5.73 Å². The van der Waals surface area contributed by atoms with Crippen LogP contribution in [-0.2, 0) is 0 Å². The molecule has 0 radical (unpaired) electrons. The molecule has 0 saturated heterocycles. The van der Waals surface area contributed by atoms with Gasteiger partial charge in [0.15, 0.2) is 5.75 Å². The van der Waals surface area contributed by atoms with Crippen molar-refractivity contribution in [3.8, 4) is 5.75 Å². The highest BCUT2D eigenvalue weighted by Gasteiger charge is 2.11. The maximum absolute atomic E-state index is 10.9. The van der Waals surface area contributed by atoms with Crippen LogP contribution in [0.4, 0.5) is 28.4 Å².